The number of hydrazone groups is 1. The van der Waals surface area contributed by atoms with Crippen molar-refractivity contribution in [3.8, 4) is 0 Å². The van der Waals surface area contributed by atoms with Gasteiger partial charge >= 0.3 is 11.3 Å². The van der Waals surface area contributed by atoms with E-state index in [2.05, 4.69) is 10.0 Å². The van der Waals surface area contributed by atoms with Gasteiger partial charge in [0.2, 0.25) is 10.0 Å². The first-order chi connectivity index (χ1) is 15.2. The molecule has 3 rings (SSSR count). The number of likely N-dealkylation sites (N-methyl/N-ethyl adjacent to an activating group) is 1. The Bertz CT molecular complexity index is 1010. The molecule has 0 fully saturated rings. The molecule has 1 atom stereocenters. The van der Waals surface area contributed by atoms with E-state index in [1.54, 1.807) is 12.1 Å². The van der Waals surface area contributed by atoms with Gasteiger partial charge < -0.3 is 9.64 Å². The molecular formula is C21H30N4O5S2. The maximum Gasteiger partial charge on any atom is 0.438 e. The summed E-state index contributed by atoms with van der Waals surface area (Å²) < 4.78 is 30.9. The molecule has 1 aromatic carbocycles. The van der Waals surface area contributed by atoms with Crippen molar-refractivity contribution >= 4 is 44.5 Å². The molecule has 0 aliphatic carbocycles. The standard InChI is InChI=1S/C21H30N4O5S2/c1-5-23(6-2)12-13-30-20(26)25-21(27)31-15(3)19(22-25)17-9-10-18-16(14-17)8-7-11-24(18)32(4,28)29/h9-10,14-15H,5-8,11-13H2,1-4H3. The van der Waals surface area contributed by atoms with Gasteiger partial charge in [-0.3, -0.25) is 9.10 Å². The number of fused-ring (bicyclic) bond motifs is 1. The quantitative estimate of drug-likeness (QED) is 0.589. The van der Waals surface area contributed by atoms with Crippen LogP contribution in [0.1, 0.15) is 38.3 Å². The number of amides is 2. The van der Waals surface area contributed by atoms with E-state index < -0.39 is 21.4 Å². The zero-order valence-electron chi connectivity index (χ0n) is 18.9. The van der Waals surface area contributed by atoms with Gasteiger partial charge in [0.25, 0.3) is 0 Å². The molecule has 0 saturated carbocycles. The van der Waals surface area contributed by atoms with Gasteiger partial charge in [0.1, 0.15) is 6.61 Å². The normalized spacial score (nSPS) is 19.1. The average Bonchev–Trinajstić information content (AvgIpc) is 2.75. The fourth-order valence-corrected chi connectivity index (χ4v) is 5.63. The van der Waals surface area contributed by atoms with E-state index in [4.69, 9.17) is 4.74 Å². The smallest absolute Gasteiger partial charge is 0.438 e. The molecule has 0 radical (unpaired) electrons. The summed E-state index contributed by atoms with van der Waals surface area (Å²) in [4.78, 5) is 27.0. The monoisotopic (exact) mass is 482 g/mol. The van der Waals surface area contributed by atoms with Crippen molar-refractivity contribution in [2.24, 2.45) is 5.10 Å². The Balaban J connectivity index is 1.82. The minimum absolute atomic E-state index is 0.176. The molecule has 11 heteroatoms. The van der Waals surface area contributed by atoms with E-state index in [-0.39, 0.29) is 11.9 Å². The maximum atomic E-state index is 12.5. The largest absolute Gasteiger partial charge is 0.446 e. The Morgan fingerprint density at radius 1 is 1.31 bits per heavy atom. The van der Waals surface area contributed by atoms with Crippen LogP contribution in [-0.2, 0) is 21.2 Å². The summed E-state index contributed by atoms with van der Waals surface area (Å²) in [5, 5.41) is 4.38. The van der Waals surface area contributed by atoms with Crippen LogP contribution in [0.15, 0.2) is 23.3 Å². The van der Waals surface area contributed by atoms with Crippen molar-refractivity contribution in [1.82, 2.24) is 9.91 Å². The molecule has 0 aromatic heterocycles. The van der Waals surface area contributed by atoms with E-state index >= 15 is 0 Å². The fourth-order valence-electron chi connectivity index (χ4n) is 3.82. The lowest BCUT2D eigenvalue weighted by molar-refractivity contribution is 0.103. The summed E-state index contributed by atoms with van der Waals surface area (Å²) in [6.45, 7) is 8.83. The third-order valence-corrected chi connectivity index (χ3v) is 7.73. The van der Waals surface area contributed by atoms with Crippen LogP contribution in [0.4, 0.5) is 15.3 Å². The van der Waals surface area contributed by atoms with Crippen molar-refractivity contribution in [3.63, 3.8) is 0 Å². The van der Waals surface area contributed by atoms with Crippen molar-refractivity contribution in [3.05, 3.63) is 29.3 Å². The highest BCUT2D eigenvalue weighted by Crippen LogP contribution is 2.33. The topological polar surface area (TPSA) is 99.6 Å². The lowest BCUT2D eigenvalue weighted by atomic mass is 9.98. The third-order valence-electron chi connectivity index (χ3n) is 5.60. The average molecular weight is 483 g/mol. The van der Waals surface area contributed by atoms with Crippen molar-refractivity contribution in [1.29, 1.82) is 0 Å². The van der Waals surface area contributed by atoms with Gasteiger partial charge in [-0.15, -0.1) is 5.01 Å². The van der Waals surface area contributed by atoms with Crippen LogP contribution in [-0.4, -0.2) is 79.7 Å². The molecule has 1 aromatic rings. The zero-order chi connectivity index (χ0) is 23.5. The number of imide groups is 1. The summed E-state index contributed by atoms with van der Waals surface area (Å²) in [5.74, 6) is 0. The van der Waals surface area contributed by atoms with Crippen molar-refractivity contribution in [2.45, 2.75) is 38.9 Å². The number of rotatable bonds is 7. The second-order valence-electron chi connectivity index (χ2n) is 7.75. The molecule has 9 nitrogen and oxygen atoms in total. The molecule has 0 bridgehead atoms. The predicted octanol–water partition coefficient (Wildman–Crippen LogP) is 3.14. The molecule has 176 valence electrons. The molecule has 2 amide bonds. The zero-order valence-corrected chi connectivity index (χ0v) is 20.5. The number of hydrogen-bond acceptors (Lipinski definition) is 8. The van der Waals surface area contributed by atoms with Gasteiger partial charge in [-0.05, 0) is 56.1 Å². The molecule has 0 N–H and O–H groups in total. The number of hydrogen-bond donors (Lipinski definition) is 0. The summed E-state index contributed by atoms with van der Waals surface area (Å²) in [7, 11) is -3.35. The molecule has 0 saturated heterocycles. The lowest BCUT2D eigenvalue weighted by Crippen LogP contribution is -2.39. The molecule has 2 aliphatic heterocycles. The first-order valence-corrected chi connectivity index (χ1v) is 13.5. The number of nitrogens with zero attached hydrogens (tertiary/aromatic N) is 4. The number of benzene rings is 1. The Labute approximate surface area is 193 Å². The maximum absolute atomic E-state index is 12.5. The number of carbonyl (C=O) groups excluding carboxylic acids is 2. The molecule has 32 heavy (non-hydrogen) atoms. The van der Waals surface area contributed by atoms with Gasteiger partial charge in [0.05, 0.1) is 22.9 Å². The third kappa shape index (κ3) is 5.44. The fraction of sp³-hybridized carbons (Fsp3) is 0.571. The highest BCUT2D eigenvalue weighted by Gasteiger charge is 2.34. The van der Waals surface area contributed by atoms with Crippen LogP contribution in [0.2, 0.25) is 0 Å². The van der Waals surface area contributed by atoms with Gasteiger partial charge in [-0.25, -0.2) is 13.2 Å². The van der Waals surface area contributed by atoms with E-state index in [1.807, 2.05) is 26.8 Å². The summed E-state index contributed by atoms with van der Waals surface area (Å²) in [6, 6.07) is 5.47. The molecule has 2 heterocycles. The van der Waals surface area contributed by atoms with Crippen LogP contribution < -0.4 is 4.31 Å². The molecule has 2 aliphatic rings. The Morgan fingerprint density at radius 2 is 2.03 bits per heavy atom. The van der Waals surface area contributed by atoms with Crippen molar-refractivity contribution in [2.75, 3.05) is 43.3 Å². The number of ether oxygens (including phenoxy) is 1. The van der Waals surface area contributed by atoms with Crippen LogP contribution in [0.25, 0.3) is 0 Å². The van der Waals surface area contributed by atoms with Crippen LogP contribution >= 0.6 is 11.8 Å². The van der Waals surface area contributed by atoms with E-state index in [0.29, 0.717) is 24.5 Å². The Morgan fingerprint density at radius 3 is 2.69 bits per heavy atom. The predicted molar refractivity (Wildman–Crippen MR) is 127 cm³/mol. The number of aryl methyl sites for hydroxylation is 1. The van der Waals surface area contributed by atoms with Gasteiger partial charge in [0, 0.05) is 13.1 Å². The van der Waals surface area contributed by atoms with Gasteiger partial charge in [-0.2, -0.15) is 5.10 Å². The van der Waals surface area contributed by atoms with Crippen molar-refractivity contribution < 1.29 is 22.7 Å². The minimum atomic E-state index is -3.35. The Hall–Kier alpha value is -2.11. The first-order valence-electron chi connectivity index (χ1n) is 10.7. The van der Waals surface area contributed by atoms with Gasteiger partial charge in [-0.1, -0.05) is 31.7 Å². The number of thioether (sulfide) groups is 1. The van der Waals surface area contributed by atoms with Gasteiger partial charge in [0.15, 0.2) is 0 Å². The SMILES string of the molecule is CCN(CC)CCOC(=O)N1N=C(c2ccc3c(c2)CCCN3S(C)(=O)=O)C(C)SC1=O. The second-order valence-corrected chi connectivity index (χ2v) is 10.9. The summed E-state index contributed by atoms with van der Waals surface area (Å²) in [6.07, 6.45) is 1.89. The van der Waals surface area contributed by atoms with E-state index in [9.17, 15) is 18.0 Å². The number of sulfonamides is 1. The van der Waals surface area contributed by atoms with Crippen LogP contribution in [0.5, 0.6) is 0 Å². The lowest BCUT2D eigenvalue weighted by Gasteiger charge is -2.30. The highest BCUT2D eigenvalue weighted by atomic mass is 32.2. The molecule has 0 spiro atoms. The Kier molecular flexibility index (Phi) is 7.84. The molecule has 1 unspecified atom stereocenters. The van der Waals surface area contributed by atoms with E-state index in [0.717, 1.165) is 53.8 Å². The number of anilines is 1. The second kappa shape index (κ2) is 10.2. The number of carbonyl (C=O) groups is 2. The van der Waals surface area contributed by atoms with Crippen LogP contribution in [0.3, 0.4) is 0 Å². The highest BCUT2D eigenvalue weighted by molar-refractivity contribution is 8.14. The van der Waals surface area contributed by atoms with E-state index in [1.165, 1.54) is 10.6 Å². The minimum Gasteiger partial charge on any atom is -0.446 e. The summed E-state index contributed by atoms with van der Waals surface area (Å²) in [5.41, 5.74) is 2.91. The van der Waals surface area contributed by atoms with Crippen LogP contribution in [0, 0.1) is 0 Å². The summed E-state index contributed by atoms with van der Waals surface area (Å²) >= 11 is 1.01. The molecular weight excluding hydrogens is 452 g/mol. The first kappa shape index (κ1) is 24.5.